The fourth-order valence-electron chi connectivity index (χ4n) is 1.53. The van der Waals surface area contributed by atoms with Crippen molar-refractivity contribution in [3.05, 3.63) is 35.9 Å². The van der Waals surface area contributed by atoms with Gasteiger partial charge in [-0.25, -0.2) is 4.79 Å². The molecule has 0 radical (unpaired) electrons. The van der Waals surface area contributed by atoms with Gasteiger partial charge in [-0.2, -0.15) is 0 Å². The summed E-state index contributed by atoms with van der Waals surface area (Å²) in [7, 11) is 0. The fraction of sp³-hybridized carbons (Fsp3) is 0.400. The summed E-state index contributed by atoms with van der Waals surface area (Å²) in [5.74, 6) is -1.03. The van der Waals surface area contributed by atoms with Crippen LogP contribution in [0.5, 0.6) is 0 Å². The molecule has 1 aromatic carbocycles. The maximum atomic E-state index is 11.7. The van der Waals surface area contributed by atoms with E-state index in [-0.39, 0.29) is 19.8 Å². The third-order valence-electron chi connectivity index (χ3n) is 2.65. The van der Waals surface area contributed by atoms with E-state index in [1.165, 1.54) is 6.92 Å². The Kier molecular flexibility index (Phi) is 7.45. The van der Waals surface area contributed by atoms with E-state index >= 15 is 0 Å². The summed E-state index contributed by atoms with van der Waals surface area (Å²) in [6, 6.07) is 8.35. The molecule has 0 aromatic heterocycles. The number of ether oxygens (including phenoxy) is 2. The van der Waals surface area contributed by atoms with Crippen LogP contribution in [0.1, 0.15) is 19.4 Å². The molecule has 0 unspecified atom stereocenters. The van der Waals surface area contributed by atoms with Crippen LogP contribution in [-0.2, 0) is 25.7 Å². The molecule has 0 fully saturated rings. The molecule has 0 aliphatic rings. The summed E-state index contributed by atoms with van der Waals surface area (Å²) in [6.45, 7) is 3.28. The predicted molar refractivity (Wildman–Crippen MR) is 78.9 cm³/mol. The van der Waals surface area contributed by atoms with Gasteiger partial charge in [0.05, 0.1) is 6.61 Å². The molecule has 0 spiro atoms. The van der Waals surface area contributed by atoms with E-state index in [1.807, 2.05) is 30.3 Å². The standard InChI is InChI=1S/C15H20N2O5/c1-3-21-13(18)9-16-14(19)11(2)17-15(20)22-10-12-7-5-4-6-8-12/h4-8,11H,3,9-10H2,1-2H3,(H,16,19)(H,17,20)/t11-/m0/s1. The number of esters is 1. The first-order valence-electron chi connectivity index (χ1n) is 6.93. The molecule has 0 bridgehead atoms. The lowest BCUT2D eigenvalue weighted by Crippen LogP contribution is -2.46. The fourth-order valence-corrected chi connectivity index (χ4v) is 1.53. The van der Waals surface area contributed by atoms with Crippen molar-refractivity contribution in [3.8, 4) is 0 Å². The third kappa shape index (κ3) is 6.74. The molecular weight excluding hydrogens is 288 g/mol. The Morgan fingerprint density at radius 2 is 1.82 bits per heavy atom. The maximum Gasteiger partial charge on any atom is 0.408 e. The van der Waals surface area contributed by atoms with Crippen molar-refractivity contribution < 1.29 is 23.9 Å². The highest BCUT2D eigenvalue weighted by Gasteiger charge is 2.17. The lowest BCUT2D eigenvalue weighted by Gasteiger charge is -2.14. The summed E-state index contributed by atoms with van der Waals surface area (Å²) < 4.78 is 9.67. The van der Waals surface area contributed by atoms with Gasteiger partial charge >= 0.3 is 12.1 Å². The highest BCUT2D eigenvalue weighted by molar-refractivity contribution is 5.87. The molecule has 0 saturated heterocycles. The van der Waals surface area contributed by atoms with Gasteiger partial charge in [0.1, 0.15) is 19.2 Å². The Balaban J connectivity index is 2.28. The Labute approximate surface area is 129 Å². The largest absolute Gasteiger partial charge is 0.465 e. The van der Waals surface area contributed by atoms with Crippen LogP contribution in [0.25, 0.3) is 0 Å². The topological polar surface area (TPSA) is 93.7 Å². The summed E-state index contributed by atoms with van der Waals surface area (Å²) in [6.07, 6.45) is -0.706. The van der Waals surface area contributed by atoms with Crippen molar-refractivity contribution >= 4 is 18.0 Å². The minimum atomic E-state index is -0.822. The highest BCUT2D eigenvalue weighted by atomic mass is 16.5. The summed E-state index contributed by atoms with van der Waals surface area (Å²) in [5.41, 5.74) is 0.845. The van der Waals surface area contributed by atoms with Crippen LogP contribution >= 0.6 is 0 Å². The van der Waals surface area contributed by atoms with Crippen molar-refractivity contribution in [1.82, 2.24) is 10.6 Å². The van der Waals surface area contributed by atoms with Gasteiger partial charge in [0, 0.05) is 0 Å². The zero-order chi connectivity index (χ0) is 16.4. The molecule has 120 valence electrons. The minimum absolute atomic E-state index is 0.115. The van der Waals surface area contributed by atoms with E-state index in [4.69, 9.17) is 4.74 Å². The number of nitrogens with one attached hydrogen (secondary N) is 2. The van der Waals surface area contributed by atoms with Gasteiger partial charge in [0.2, 0.25) is 5.91 Å². The number of carbonyl (C=O) groups is 3. The predicted octanol–water partition coefficient (Wildman–Crippen LogP) is 0.981. The van der Waals surface area contributed by atoms with Gasteiger partial charge < -0.3 is 20.1 Å². The molecule has 0 saturated carbocycles. The molecule has 0 aliphatic heterocycles. The van der Waals surface area contributed by atoms with E-state index in [0.717, 1.165) is 5.56 Å². The molecule has 22 heavy (non-hydrogen) atoms. The van der Waals surface area contributed by atoms with Crippen LogP contribution in [-0.4, -0.2) is 37.2 Å². The molecular formula is C15H20N2O5. The van der Waals surface area contributed by atoms with Gasteiger partial charge in [0.25, 0.3) is 0 Å². The molecule has 0 heterocycles. The average molecular weight is 308 g/mol. The van der Waals surface area contributed by atoms with E-state index in [0.29, 0.717) is 0 Å². The second kappa shape index (κ2) is 9.38. The first kappa shape index (κ1) is 17.5. The van der Waals surface area contributed by atoms with Crippen molar-refractivity contribution in [2.45, 2.75) is 26.5 Å². The average Bonchev–Trinajstić information content (AvgIpc) is 2.52. The van der Waals surface area contributed by atoms with Crippen LogP contribution in [0.4, 0.5) is 4.79 Å². The zero-order valence-corrected chi connectivity index (χ0v) is 12.6. The first-order chi connectivity index (χ1) is 10.5. The van der Waals surface area contributed by atoms with E-state index in [2.05, 4.69) is 15.4 Å². The number of hydrogen-bond acceptors (Lipinski definition) is 5. The number of carbonyl (C=O) groups excluding carboxylic acids is 3. The van der Waals surface area contributed by atoms with Gasteiger partial charge in [-0.05, 0) is 19.4 Å². The van der Waals surface area contributed by atoms with E-state index < -0.39 is 24.0 Å². The molecule has 2 N–H and O–H groups in total. The summed E-state index contributed by atoms with van der Waals surface area (Å²) in [5, 5.41) is 4.74. The third-order valence-corrected chi connectivity index (χ3v) is 2.65. The van der Waals surface area contributed by atoms with Crippen LogP contribution < -0.4 is 10.6 Å². The Bertz CT molecular complexity index is 504. The minimum Gasteiger partial charge on any atom is -0.465 e. The first-order valence-corrected chi connectivity index (χ1v) is 6.93. The lowest BCUT2D eigenvalue weighted by molar-refractivity contribution is -0.143. The Hall–Kier alpha value is -2.57. The van der Waals surface area contributed by atoms with Gasteiger partial charge in [-0.1, -0.05) is 30.3 Å². The SMILES string of the molecule is CCOC(=O)CNC(=O)[C@H](C)NC(=O)OCc1ccccc1. The highest BCUT2D eigenvalue weighted by Crippen LogP contribution is 2.00. The van der Waals surface area contributed by atoms with Crippen LogP contribution in [0, 0.1) is 0 Å². The monoisotopic (exact) mass is 308 g/mol. The molecule has 1 aromatic rings. The Morgan fingerprint density at radius 3 is 2.45 bits per heavy atom. The molecule has 1 atom stereocenters. The summed E-state index contributed by atoms with van der Waals surface area (Å²) >= 11 is 0. The molecule has 7 nitrogen and oxygen atoms in total. The Morgan fingerprint density at radius 1 is 1.14 bits per heavy atom. The van der Waals surface area contributed by atoms with Gasteiger partial charge in [-0.15, -0.1) is 0 Å². The number of alkyl carbamates (subject to hydrolysis) is 1. The number of benzene rings is 1. The quantitative estimate of drug-likeness (QED) is 0.732. The maximum absolute atomic E-state index is 11.7. The number of amides is 2. The molecule has 7 heteroatoms. The van der Waals surface area contributed by atoms with Gasteiger partial charge in [-0.3, -0.25) is 9.59 Å². The molecule has 1 rings (SSSR count). The van der Waals surface area contributed by atoms with Crippen molar-refractivity contribution in [2.24, 2.45) is 0 Å². The molecule has 0 aliphatic carbocycles. The number of hydrogen-bond donors (Lipinski definition) is 2. The van der Waals surface area contributed by atoms with E-state index in [1.54, 1.807) is 6.92 Å². The number of rotatable bonds is 7. The second-order valence-electron chi connectivity index (χ2n) is 4.45. The molecule has 2 amide bonds. The van der Waals surface area contributed by atoms with E-state index in [9.17, 15) is 14.4 Å². The van der Waals surface area contributed by atoms with Gasteiger partial charge in [0.15, 0.2) is 0 Å². The smallest absolute Gasteiger partial charge is 0.408 e. The zero-order valence-electron chi connectivity index (χ0n) is 12.6. The van der Waals surface area contributed by atoms with Crippen molar-refractivity contribution in [1.29, 1.82) is 0 Å². The van der Waals surface area contributed by atoms with Crippen LogP contribution in [0.3, 0.4) is 0 Å². The second-order valence-corrected chi connectivity index (χ2v) is 4.45. The van der Waals surface area contributed by atoms with Crippen LogP contribution in [0.15, 0.2) is 30.3 Å². The lowest BCUT2D eigenvalue weighted by atomic mass is 10.2. The van der Waals surface area contributed by atoms with Crippen molar-refractivity contribution in [2.75, 3.05) is 13.2 Å². The summed E-state index contributed by atoms with van der Waals surface area (Å²) in [4.78, 5) is 34.3. The van der Waals surface area contributed by atoms with Crippen molar-refractivity contribution in [3.63, 3.8) is 0 Å². The normalized spacial score (nSPS) is 11.2. The van der Waals surface area contributed by atoms with Crippen LogP contribution in [0.2, 0.25) is 0 Å².